The number of carboxylic acid groups (broad SMARTS) is 1. The van der Waals surface area contributed by atoms with Crippen molar-refractivity contribution >= 4 is 21.9 Å². The number of likely N-dealkylation sites (N-methyl/N-ethyl adjacent to an activating group) is 1. The number of aryl methyl sites for hydroxylation is 1. The Morgan fingerprint density at radius 3 is 2.78 bits per heavy atom. The van der Waals surface area contributed by atoms with E-state index in [0.29, 0.717) is 12.3 Å². The normalized spacial score (nSPS) is 16.6. The smallest absolute Gasteiger partial charge is 0.303 e. The zero-order chi connectivity index (χ0) is 13.1. The van der Waals surface area contributed by atoms with Gasteiger partial charge in [-0.2, -0.15) is 0 Å². The van der Waals surface area contributed by atoms with Crippen molar-refractivity contribution in [3.63, 3.8) is 0 Å². The fourth-order valence-corrected chi connectivity index (χ4v) is 3.15. The van der Waals surface area contributed by atoms with Gasteiger partial charge in [0.25, 0.3) is 0 Å². The van der Waals surface area contributed by atoms with Gasteiger partial charge >= 0.3 is 5.97 Å². The molecule has 4 heteroatoms. The van der Waals surface area contributed by atoms with Crippen molar-refractivity contribution in [1.29, 1.82) is 0 Å². The van der Waals surface area contributed by atoms with Gasteiger partial charge in [0, 0.05) is 29.9 Å². The molecule has 2 rings (SSSR count). The zero-order valence-electron chi connectivity index (χ0n) is 10.5. The van der Waals surface area contributed by atoms with Crippen LogP contribution in [-0.4, -0.2) is 36.1 Å². The highest BCUT2D eigenvalue weighted by Crippen LogP contribution is 2.32. The highest BCUT2D eigenvalue weighted by atomic mass is 79.9. The summed E-state index contributed by atoms with van der Waals surface area (Å²) in [6.07, 6.45) is 1.77. The van der Waals surface area contributed by atoms with Crippen molar-refractivity contribution in [1.82, 2.24) is 4.90 Å². The average Bonchev–Trinajstić information content (AvgIpc) is 2.25. The van der Waals surface area contributed by atoms with Gasteiger partial charge in [0.2, 0.25) is 0 Å². The van der Waals surface area contributed by atoms with Crippen LogP contribution in [0.1, 0.15) is 29.9 Å². The molecular weight excluding hydrogens is 294 g/mol. The zero-order valence-corrected chi connectivity index (χ0v) is 12.1. The molecule has 0 unspecified atom stereocenters. The highest BCUT2D eigenvalue weighted by Gasteiger charge is 2.26. The van der Waals surface area contributed by atoms with E-state index in [9.17, 15) is 4.79 Å². The third-order valence-electron chi connectivity index (χ3n) is 3.42. The van der Waals surface area contributed by atoms with Crippen LogP contribution >= 0.6 is 15.9 Å². The second-order valence-electron chi connectivity index (χ2n) is 5.02. The Morgan fingerprint density at radius 1 is 1.50 bits per heavy atom. The fourth-order valence-electron chi connectivity index (χ4n) is 2.40. The van der Waals surface area contributed by atoms with E-state index in [1.54, 1.807) is 0 Å². The van der Waals surface area contributed by atoms with Crippen LogP contribution in [0.25, 0.3) is 0 Å². The van der Waals surface area contributed by atoms with Crippen molar-refractivity contribution < 1.29 is 9.90 Å². The van der Waals surface area contributed by atoms with Crippen LogP contribution in [0.2, 0.25) is 0 Å². The fraction of sp³-hybridized carbons (Fsp3) is 0.500. The van der Waals surface area contributed by atoms with Gasteiger partial charge in [-0.3, -0.25) is 4.79 Å². The first-order valence-corrected chi connectivity index (χ1v) is 7.04. The van der Waals surface area contributed by atoms with Gasteiger partial charge in [-0.1, -0.05) is 28.1 Å². The predicted molar refractivity (Wildman–Crippen MR) is 75.0 cm³/mol. The largest absolute Gasteiger partial charge is 0.481 e. The lowest BCUT2D eigenvalue weighted by Gasteiger charge is -2.37. The molecule has 0 atom stereocenters. The SMILES string of the molecule is CN1CC(c2ccc(CCCC(=O)O)cc2Br)C1. The first-order valence-electron chi connectivity index (χ1n) is 6.25. The number of carboxylic acids is 1. The van der Waals surface area contributed by atoms with Crippen molar-refractivity contribution in [2.24, 2.45) is 0 Å². The Bertz CT molecular complexity index is 441. The molecule has 1 aliphatic rings. The molecule has 3 nitrogen and oxygen atoms in total. The third-order valence-corrected chi connectivity index (χ3v) is 4.11. The molecule has 1 aromatic carbocycles. The summed E-state index contributed by atoms with van der Waals surface area (Å²) in [6, 6.07) is 6.44. The molecule has 18 heavy (non-hydrogen) atoms. The molecule has 1 aromatic rings. The molecule has 0 bridgehead atoms. The molecule has 0 aliphatic carbocycles. The summed E-state index contributed by atoms with van der Waals surface area (Å²) in [5.74, 6) is -0.0827. The molecule has 1 N–H and O–H groups in total. The molecule has 1 saturated heterocycles. The van der Waals surface area contributed by atoms with E-state index in [4.69, 9.17) is 5.11 Å². The number of aliphatic carboxylic acids is 1. The quantitative estimate of drug-likeness (QED) is 0.909. The summed E-state index contributed by atoms with van der Waals surface area (Å²) < 4.78 is 1.16. The summed E-state index contributed by atoms with van der Waals surface area (Å²) in [6.45, 7) is 2.24. The second kappa shape index (κ2) is 5.85. The van der Waals surface area contributed by atoms with E-state index in [-0.39, 0.29) is 6.42 Å². The molecular formula is C14H18BrNO2. The minimum atomic E-state index is -0.719. The van der Waals surface area contributed by atoms with E-state index in [1.165, 1.54) is 11.1 Å². The van der Waals surface area contributed by atoms with Crippen LogP contribution in [0.5, 0.6) is 0 Å². The lowest BCUT2D eigenvalue weighted by molar-refractivity contribution is -0.137. The maximum atomic E-state index is 10.5. The van der Waals surface area contributed by atoms with Crippen LogP contribution < -0.4 is 0 Å². The van der Waals surface area contributed by atoms with Crippen molar-refractivity contribution in [3.8, 4) is 0 Å². The van der Waals surface area contributed by atoms with Crippen LogP contribution in [-0.2, 0) is 11.2 Å². The number of benzene rings is 1. The lowest BCUT2D eigenvalue weighted by atomic mass is 9.91. The van der Waals surface area contributed by atoms with Crippen LogP contribution in [0.15, 0.2) is 22.7 Å². The number of halogens is 1. The number of rotatable bonds is 5. The van der Waals surface area contributed by atoms with Gasteiger partial charge in [-0.25, -0.2) is 0 Å². The maximum absolute atomic E-state index is 10.5. The van der Waals surface area contributed by atoms with Crippen LogP contribution in [0.3, 0.4) is 0 Å². The standard InChI is InChI=1S/C14H18BrNO2/c1-16-8-11(9-16)12-6-5-10(7-13(12)15)3-2-4-14(17)18/h5-7,11H,2-4,8-9H2,1H3,(H,17,18). The number of nitrogens with zero attached hydrogens (tertiary/aromatic N) is 1. The summed E-state index contributed by atoms with van der Waals surface area (Å²) in [4.78, 5) is 12.8. The molecule has 98 valence electrons. The molecule has 0 amide bonds. The number of carbonyl (C=O) groups is 1. The average molecular weight is 312 g/mol. The highest BCUT2D eigenvalue weighted by molar-refractivity contribution is 9.10. The Hall–Kier alpha value is -0.870. The Labute approximate surface area is 116 Å². The molecule has 0 saturated carbocycles. The molecule has 0 spiro atoms. The molecule has 0 aromatic heterocycles. The summed E-state index contributed by atoms with van der Waals surface area (Å²) in [5, 5.41) is 8.61. The molecule has 1 aliphatic heterocycles. The van der Waals surface area contributed by atoms with Crippen LogP contribution in [0.4, 0.5) is 0 Å². The van der Waals surface area contributed by atoms with E-state index < -0.39 is 5.97 Å². The van der Waals surface area contributed by atoms with E-state index in [0.717, 1.165) is 24.0 Å². The van der Waals surface area contributed by atoms with E-state index in [2.05, 4.69) is 46.1 Å². The first-order chi connectivity index (χ1) is 8.56. The van der Waals surface area contributed by atoms with Gasteiger partial charge < -0.3 is 10.0 Å². The summed E-state index contributed by atoms with van der Waals surface area (Å²) >= 11 is 3.63. The maximum Gasteiger partial charge on any atom is 0.303 e. The molecule has 1 fully saturated rings. The van der Waals surface area contributed by atoms with Crippen molar-refractivity contribution in [2.45, 2.75) is 25.2 Å². The first kappa shape index (κ1) is 13.6. The van der Waals surface area contributed by atoms with E-state index in [1.807, 2.05) is 0 Å². The van der Waals surface area contributed by atoms with Crippen LogP contribution in [0, 0.1) is 0 Å². The Morgan fingerprint density at radius 2 is 2.22 bits per heavy atom. The Balaban J connectivity index is 1.94. The number of hydrogen-bond donors (Lipinski definition) is 1. The van der Waals surface area contributed by atoms with Gasteiger partial charge in [-0.05, 0) is 37.1 Å². The molecule has 1 heterocycles. The number of likely N-dealkylation sites (tertiary alicyclic amines) is 1. The van der Waals surface area contributed by atoms with Crippen molar-refractivity contribution in [3.05, 3.63) is 33.8 Å². The lowest BCUT2D eigenvalue weighted by Crippen LogP contribution is -2.41. The minimum Gasteiger partial charge on any atom is -0.481 e. The Kier molecular flexibility index (Phi) is 4.40. The van der Waals surface area contributed by atoms with E-state index >= 15 is 0 Å². The van der Waals surface area contributed by atoms with Gasteiger partial charge in [-0.15, -0.1) is 0 Å². The molecule has 0 radical (unpaired) electrons. The summed E-state index contributed by atoms with van der Waals surface area (Å²) in [7, 11) is 2.13. The number of hydrogen-bond acceptors (Lipinski definition) is 2. The third kappa shape index (κ3) is 3.33. The predicted octanol–water partition coefficient (Wildman–Crippen LogP) is 2.89. The van der Waals surface area contributed by atoms with Crippen molar-refractivity contribution in [2.75, 3.05) is 20.1 Å². The topological polar surface area (TPSA) is 40.5 Å². The van der Waals surface area contributed by atoms with Gasteiger partial charge in [0.15, 0.2) is 0 Å². The van der Waals surface area contributed by atoms with Gasteiger partial charge in [0.1, 0.15) is 0 Å². The second-order valence-corrected chi connectivity index (χ2v) is 5.88. The monoisotopic (exact) mass is 311 g/mol. The minimum absolute atomic E-state index is 0.243. The van der Waals surface area contributed by atoms with Gasteiger partial charge in [0.05, 0.1) is 0 Å². The summed E-state index contributed by atoms with van der Waals surface area (Å²) in [5.41, 5.74) is 2.58.